The van der Waals surface area contributed by atoms with Crippen LogP contribution in [-0.2, 0) is 0 Å². The Balaban J connectivity index is 2.43. The molecule has 1 unspecified atom stereocenters. The van der Waals surface area contributed by atoms with E-state index in [9.17, 15) is 0 Å². The number of aryl methyl sites for hydroxylation is 1. The topological polar surface area (TPSA) is 34.4 Å². The van der Waals surface area contributed by atoms with Gasteiger partial charge >= 0.3 is 0 Å². The lowest BCUT2D eigenvalue weighted by Crippen LogP contribution is -2.22. The second-order valence-corrected chi connectivity index (χ2v) is 4.52. The van der Waals surface area contributed by atoms with Crippen LogP contribution < -0.4 is 10.1 Å². The summed E-state index contributed by atoms with van der Waals surface area (Å²) in [4.78, 5) is 0. The summed E-state index contributed by atoms with van der Waals surface area (Å²) >= 11 is 0. The number of hydrogen-bond donors (Lipinski definition) is 1. The Morgan fingerprint density at radius 1 is 1.26 bits per heavy atom. The normalized spacial score (nSPS) is 12.4. The second-order valence-electron chi connectivity index (χ2n) is 4.52. The molecular formula is C16H21NO2. The van der Waals surface area contributed by atoms with E-state index < -0.39 is 0 Å². The fourth-order valence-electron chi connectivity index (χ4n) is 2.23. The molecule has 0 aliphatic heterocycles. The van der Waals surface area contributed by atoms with Crippen LogP contribution in [0.25, 0.3) is 0 Å². The molecule has 1 N–H and O–H groups in total. The van der Waals surface area contributed by atoms with Gasteiger partial charge in [0.15, 0.2) is 0 Å². The third kappa shape index (κ3) is 3.18. The highest BCUT2D eigenvalue weighted by Crippen LogP contribution is 2.31. The molecule has 3 nitrogen and oxygen atoms in total. The van der Waals surface area contributed by atoms with E-state index in [1.807, 2.05) is 19.1 Å². The average molecular weight is 259 g/mol. The van der Waals surface area contributed by atoms with E-state index in [1.54, 1.807) is 12.5 Å². The lowest BCUT2D eigenvalue weighted by Gasteiger charge is -2.20. The van der Waals surface area contributed by atoms with Crippen LogP contribution in [0.3, 0.4) is 0 Å². The first-order valence-corrected chi connectivity index (χ1v) is 6.75. The van der Waals surface area contributed by atoms with Gasteiger partial charge in [-0.1, -0.05) is 24.6 Å². The van der Waals surface area contributed by atoms with Crippen molar-refractivity contribution in [1.29, 1.82) is 0 Å². The van der Waals surface area contributed by atoms with E-state index in [2.05, 4.69) is 31.3 Å². The lowest BCUT2D eigenvalue weighted by atomic mass is 9.98. The average Bonchev–Trinajstić information content (AvgIpc) is 2.92. The second kappa shape index (κ2) is 6.43. The monoisotopic (exact) mass is 259 g/mol. The standard InChI is InChI=1S/C16H21NO2/c1-4-17-16(13-8-9-18-11-13)14-10-12(3)6-7-15(14)19-5-2/h6-11,16-17H,4-5H2,1-3H3. The Kier molecular flexibility index (Phi) is 4.63. The van der Waals surface area contributed by atoms with Crippen molar-refractivity contribution in [2.45, 2.75) is 26.8 Å². The van der Waals surface area contributed by atoms with Crippen LogP contribution in [0.2, 0.25) is 0 Å². The molecule has 3 heteroatoms. The van der Waals surface area contributed by atoms with E-state index in [4.69, 9.17) is 9.15 Å². The van der Waals surface area contributed by atoms with Crippen molar-refractivity contribution in [2.24, 2.45) is 0 Å². The molecule has 0 saturated heterocycles. The molecule has 2 aromatic rings. The molecule has 0 bridgehead atoms. The van der Waals surface area contributed by atoms with Gasteiger partial charge in [-0.25, -0.2) is 0 Å². The molecule has 19 heavy (non-hydrogen) atoms. The minimum absolute atomic E-state index is 0.102. The summed E-state index contributed by atoms with van der Waals surface area (Å²) in [6.07, 6.45) is 3.49. The quantitative estimate of drug-likeness (QED) is 0.859. The molecule has 0 fully saturated rings. The van der Waals surface area contributed by atoms with Crippen LogP contribution in [0.15, 0.2) is 41.2 Å². The predicted octanol–water partition coefficient (Wildman–Crippen LogP) is 3.69. The Hall–Kier alpha value is -1.74. The molecule has 0 saturated carbocycles. The third-order valence-corrected chi connectivity index (χ3v) is 3.06. The highest BCUT2D eigenvalue weighted by Gasteiger charge is 2.18. The van der Waals surface area contributed by atoms with E-state index >= 15 is 0 Å². The molecule has 0 spiro atoms. The van der Waals surface area contributed by atoms with Gasteiger partial charge in [0.1, 0.15) is 5.75 Å². The maximum atomic E-state index is 5.75. The van der Waals surface area contributed by atoms with E-state index in [0.29, 0.717) is 6.61 Å². The Bertz CT molecular complexity index is 505. The van der Waals surface area contributed by atoms with Crippen molar-refractivity contribution in [3.05, 3.63) is 53.5 Å². The molecule has 1 atom stereocenters. The molecule has 0 amide bonds. The highest BCUT2D eigenvalue weighted by atomic mass is 16.5. The maximum absolute atomic E-state index is 5.75. The molecular weight excluding hydrogens is 238 g/mol. The smallest absolute Gasteiger partial charge is 0.124 e. The lowest BCUT2D eigenvalue weighted by molar-refractivity contribution is 0.333. The van der Waals surface area contributed by atoms with Gasteiger partial charge in [0.05, 0.1) is 25.2 Å². The van der Waals surface area contributed by atoms with Gasteiger partial charge in [-0.05, 0) is 32.5 Å². The van der Waals surface area contributed by atoms with Gasteiger partial charge in [0, 0.05) is 11.1 Å². The summed E-state index contributed by atoms with van der Waals surface area (Å²) in [5.41, 5.74) is 3.50. The van der Waals surface area contributed by atoms with Crippen molar-refractivity contribution < 1.29 is 9.15 Å². The SMILES string of the molecule is CCNC(c1ccoc1)c1cc(C)ccc1OCC. The van der Waals surface area contributed by atoms with Gasteiger partial charge in [-0.2, -0.15) is 0 Å². The third-order valence-electron chi connectivity index (χ3n) is 3.06. The number of furan rings is 1. The summed E-state index contributed by atoms with van der Waals surface area (Å²) in [5.74, 6) is 0.931. The molecule has 0 aliphatic carbocycles. The molecule has 1 heterocycles. The molecule has 102 valence electrons. The first-order valence-electron chi connectivity index (χ1n) is 6.75. The zero-order chi connectivity index (χ0) is 13.7. The van der Waals surface area contributed by atoms with Crippen LogP contribution in [0.1, 0.15) is 36.6 Å². The van der Waals surface area contributed by atoms with E-state index in [1.165, 1.54) is 5.56 Å². The van der Waals surface area contributed by atoms with Crippen molar-refractivity contribution in [3.63, 3.8) is 0 Å². The van der Waals surface area contributed by atoms with Crippen molar-refractivity contribution in [3.8, 4) is 5.75 Å². The molecule has 1 aromatic carbocycles. The van der Waals surface area contributed by atoms with Crippen LogP contribution in [0.5, 0.6) is 5.75 Å². The minimum Gasteiger partial charge on any atom is -0.494 e. The summed E-state index contributed by atoms with van der Waals surface area (Å²) in [6, 6.07) is 8.38. The minimum atomic E-state index is 0.102. The fourth-order valence-corrected chi connectivity index (χ4v) is 2.23. The number of benzene rings is 1. The molecule has 1 aromatic heterocycles. The van der Waals surface area contributed by atoms with Crippen LogP contribution in [0.4, 0.5) is 0 Å². The van der Waals surface area contributed by atoms with Gasteiger partial charge in [0.2, 0.25) is 0 Å². The van der Waals surface area contributed by atoms with Crippen molar-refractivity contribution >= 4 is 0 Å². The first-order chi connectivity index (χ1) is 9.26. The van der Waals surface area contributed by atoms with Crippen molar-refractivity contribution in [2.75, 3.05) is 13.2 Å². The van der Waals surface area contributed by atoms with Gasteiger partial charge in [-0.3, -0.25) is 0 Å². The molecule has 2 rings (SSSR count). The van der Waals surface area contributed by atoms with Gasteiger partial charge < -0.3 is 14.5 Å². The summed E-state index contributed by atoms with van der Waals surface area (Å²) in [5, 5.41) is 3.49. The number of ether oxygens (including phenoxy) is 1. The van der Waals surface area contributed by atoms with Gasteiger partial charge in [0.25, 0.3) is 0 Å². The molecule has 0 radical (unpaired) electrons. The number of hydrogen-bond acceptors (Lipinski definition) is 3. The van der Waals surface area contributed by atoms with Gasteiger partial charge in [-0.15, -0.1) is 0 Å². The largest absolute Gasteiger partial charge is 0.494 e. The van der Waals surface area contributed by atoms with Crippen LogP contribution in [-0.4, -0.2) is 13.2 Å². The highest BCUT2D eigenvalue weighted by molar-refractivity contribution is 5.43. The summed E-state index contributed by atoms with van der Waals surface area (Å²) in [6.45, 7) is 7.75. The summed E-state index contributed by atoms with van der Waals surface area (Å²) < 4.78 is 11.0. The Morgan fingerprint density at radius 3 is 2.74 bits per heavy atom. The molecule has 0 aliphatic rings. The first kappa shape index (κ1) is 13.7. The zero-order valence-corrected chi connectivity index (χ0v) is 11.8. The number of rotatable bonds is 6. The van der Waals surface area contributed by atoms with Crippen molar-refractivity contribution in [1.82, 2.24) is 5.32 Å². The Labute approximate surface area is 114 Å². The predicted molar refractivity (Wildman–Crippen MR) is 76.6 cm³/mol. The maximum Gasteiger partial charge on any atom is 0.124 e. The zero-order valence-electron chi connectivity index (χ0n) is 11.8. The van der Waals surface area contributed by atoms with E-state index in [0.717, 1.165) is 23.4 Å². The van der Waals surface area contributed by atoms with E-state index in [-0.39, 0.29) is 6.04 Å². The fraction of sp³-hybridized carbons (Fsp3) is 0.375. The van der Waals surface area contributed by atoms with Crippen LogP contribution in [0, 0.1) is 6.92 Å². The number of nitrogens with one attached hydrogen (secondary N) is 1. The Morgan fingerprint density at radius 2 is 2.11 bits per heavy atom. The van der Waals surface area contributed by atoms with Crippen LogP contribution >= 0.6 is 0 Å². The summed E-state index contributed by atoms with van der Waals surface area (Å²) in [7, 11) is 0.